The number of anilines is 1. The lowest BCUT2D eigenvalue weighted by atomic mass is 10.2. The van der Waals surface area contributed by atoms with Crippen LogP contribution in [0, 0.1) is 6.92 Å². The number of amides is 1. The van der Waals surface area contributed by atoms with Crippen LogP contribution in [0.15, 0.2) is 47.3 Å². The predicted molar refractivity (Wildman–Crippen MR) is 111 cm³/mol. The highest BCUT2D eigenvalue weighted by Crippen LogP contribution is 2.16. The fraction of sp³-hybridized carbons (Fsp3) is 0.238. The van der Waals surface area contributed by atoms with Crippen molar-refractivity contribution in [3.63, 3.8) is 0 Å². The summed E-state index contributed by atoms with van der Waals surface area (Å²) in [5.74, 6) is -1.12. The van der Waals surface area contributed by atoms with Gasteiger partial charge in [-0.15, -0.1) is 0 Å². The zero-order valence-corrected chi connectivity index (χ0v) is 17.0. The molecule has 7 nitrogen and oxygen atoms in total. The van der Waals surface area contributed by atoms with E-state index in [-0.39, 0.29) is 11.1 Å². The number of carbonyl (C=O) groups is 2. The molecule has 150 valence electrons. The van der Waals surface area contributed by atoms with Crippen LogP contribution in [-0.2, 0) is 16.1 Å². The van der Waals surface area contributed by atoms with Gasteiger partial charge in [0.05, 0.1) is 16.6 Å². The van der Waals surface area contributed by atoms with Crippen LogP contribution in [0.4, 0.5) is 5.69 Å². The van der Waals surface area contributed by atoms with Gasteiger partial charge < -0.3 is 14.6 Å². The Balaban J connectivity index is 1.76. The van der Waals surface area contributed by atoms with Crippen molar-refractivity contribution in [3.05, 3.63) is 69.1 Å². The second kappa shape index (κ2) is 8.45. The zero-order valence-electron chi connectivity index (χ0n) is 16.2. The molecule has 29 heavy (non-hydrogen) atoms. The summed E-state index contributed by atoms with van der Waals surface area (Å²) in [4.78, 5) is 41.2. The number of hydrogen-bond donors (Lipinski definition) is 1. The van der Waals surface area contributed by atoms with Gasteiger partial charge in [0.1, 0.15) is 5.69 Å². The molecule has 1 atom stereocenters. The van der Waals surface area contributed by atoms with Crippen LogP contribution in [0.5, 0.6) is 0 Å². The van der Waals surface area contributed by atoms with Crippen molar-refractivity contribution in [1.29, 1.82) is 0 Å². The second-order valence-corrected chi connectivity index (χ2v) is 6.93. The van der Waals surface area contributed by atoms with Crippen LogP contribution in [0.1, 0.15) is 29.9 Å². The average molecular weight is 414 g/mol. The van der Waals surface area contributed by atoms with E-state index in [9.17, 15) is 14.4 Å². The van der Waals surface area contributed by atoms with Gasteiger partial charge in [-0.3, -0.25) is 9.59 Å². The van der Waals surface area contributed by atoms with E-state index in [0.717, 1.165) is 0 Å². The predicted octanol–water partition coefficient (Wildman–Crippen LogP) is 3.56. The first-order valence-electron chi connectivity index (χ1n) is 9.08. The number of benzene rings is 2. The molecule has 0 unspecified atom stereocenters. The number of carbonyl (C=O) groups excluding carboxylic acids is 2. The van der Waals surface area contributed by atoms with Crippen molar-refractivity contribution in [3.8, 4) is 0 Å². The molecule has 1 heterocycles. The second-order valence-electron chi connectivity index (χ2n) is 6.49. The van der Waals surface area contributed by atoms with Crippen LogP contribution >= 0.6 is 11.6 Å². The number of nitrogens with one attached hydrogen (secondary N) is 1. The quantitative estimate of drug-likeness (QED) is 0.646. The first kappa shape index (κ1) is 20.5. The highest BCUT2D eigenvalue weighted by molar-refractivity contribution is 6.30. The summed E-state index contributed by atoms with van der Waals surface area (Å²) in [6.07, 6.45) is -1.01. The van der Waals surface area contributed by atoms with Gasteiger partial charge in [0.15, 0.2) is 6.10 Å². The molecule has 0 saturated heterocycles. The van der Waals surface area contributed by atoms with Gasteiger partial charge in [0.25, 0.3) is 11.5 Å². The molecular formula is C21H20ClN3O4. The number of halogens is 1. The lowest BCUT2D eigenvalue weighted by Gasteiger charge is -2.14. The molecule has 1 N–H and O–H groups in total. The smallest absolute Gasteiger partial charge is 0.338 e. The van der Waals surface area contributed by atoms with Crippen molar-refractivity contribution in [2.75, 3.05) is 5.32 Å². The Labute approximate surface area is 172 Å². The van der Waals surface area contributed by atoms with Crippen LogP contribution in [0.2, 0.25) is 5.02 Å². The normalized spacial score (nSPS) is 11.9. The highest BCUT2D eigenvalue weighted by atomic mass is 35.5. The SMILES string of the molecule is CCn1c(=O)c(C)nc2cc(C(=O)O[C@@H](C)C(=O)Nc3ccc(Cl)cc3)ccc21. The molecule has 0 aliphatic rings. The van der Waals surface area contributed by atoms with Crippen LogP contribution in [0.3, 0.4) is 0 Å². The van der Waals surface area contributed by atoms with Crippen LogP contribution in [0.25, 0.3) is 11.0 Å². The number of esters is 1. The van der Waals surface area contributed by atoms with Crippen molar-refractivity contribution in [2.24, 2.45) is 0 Å². The van der Waals surface area contributed by atoms with Gasteiger partial charge in [-0.1, -0.05) is 11.6 Å². The van der Waals surface area contributed by atoms with E-state index >= 15 is 0 Å². The number of ether oxygens (including phenoxy) is 1. The minimum atomic E-state index is -1.01. The highest BCUT2D eigenvalue weighted by Gasteiger charge is 2.20. The molecule has 0 aliphatic carbocycles. The summed E-state index contributed by atoms with van der Waals surface area (Å²) in [5.41, 5.74) is 2.12. The summed E-state index contributed by atoms with van der Waals surface area (Å²) in [6.45, 7) is 5.47. The van der Waals surface area contributed by atoms with E-state index in [0.29, 0.717) is 34.0 Å². The maximum atomic E-state index is 12.5. The molecule has 2 aromatic carbocycles. The molecule has 3 aromatic rings. The zero-order chi connectivity index (χ0) is 21.1. The molecule has 0 spiro atoms. The maximum absolute atomic E-state index is 12.5. The molecule has 1 amide bonds. The maximum Gasteiger partial charge on any atom is 0.338 e. The van der Waals surface area contributed by atoms with Crippen LogP contribution in [-0.4, -0.2) is 27.5 Å². The summed E-state index contributed by atoms with van der Waals surface area (Å²) in [7, 11) is 0. The van der Waals surface area contributed by atoms with Gasteiger partial charge >= 0.3 is 5.97 Å². The number of rotatable bonds is 5. The van der Waals surface area contributed by atoms with Crippen LogP contribution < -0.4 is 10.9 Å². The summed E-state index contributed by atoms with van der Waals surface area (Å²) in [5, 5.41) is 3.21. The van der Waals surface area contributed by atoms with E-state index in [1.165, 1.54) is 6.92 Å². The lowest BCUT2D eigenvalue weighted by Crippen LogP contribution is -2.30. The summed E-state index contributed by atoms with van der Waals surface area (Å²) >= 11 is 5.82. The van der Waals surface area contributed by atoms with E-state index in [4.69, 9.17) is 16.3 Å². The molecule has 0 saturated carbocycles. The monoisotopic (exact) mass is 413 g/mol. The number of nitrogens with zero attached hydrogens (tertiary/aromatic N) is 2. The van der Waals surface area contributed by atoms with Crippen molar-refractivity contribution < 1.29 is 14.3 Å². The number of aromatic nitrogens is 2. The van der Waals surface area contributed by atoms with E-state index < -0.39 is 18.0 Å². The van der Waals surface area contributed by atoms with Crippen molar-refractivity contribution in [2.45, 2.75) is 33.4 Å². The lowest BCUT2D eigenvalue weighted by molar-refractivity contribution is -0.123. The minimum absolute atomic E-state index is 0.164. The third-order valence-corrected chi connectivity index (χ3v) is 4.68. The Hall–Kier alpha value is -3.19. The Morgan fingerprint density at radius 3 is 2.55 bits per heavy atom. The number of aryl methyl sites for hydroxylation is 2. The Bertz CT molecular complexity index is 1140. The fourth-order valence-corrected chi connectivity index (χ4v) is 3.00. The Morgan fingerprint density at radius 2 is 1.90 bits per heavy atom. The van der Waals surface area contributed by atoms with Gasteiger partial charge in [-0.2, -0.15) is 0 Å². The average Bonchev–Trinajstić information content (AvgIpc) is 2.70. The molecule has 3 rings (SSSR count). The third-order valence-electron chi connectivity index (χ3n) is 4.43. The standard InChI is InChI=1S/C21H20ClN3O4/c1-4-25-18-10-5-14(11-17(18)23-12(2)20(25)27)21(28)29-13(3)19(26)24-16-8-6-15(22)7-9-16/h5-11,13H,4H2,1-3H3,(H,24,26)/t13-/m0/s1. The molecule has 0 bridgehead atoms. The first-order chi connectivity index (χ1) is 13.8. The molecule has 1 aromatic heterocycles. The summed E-state index contributed by atoms with van der Waals surface area (Å²) in [6, 6.07) is 11.4. The first-order valence-corrected chi connectivity index (χ1v) is 9.46. The van der Waals surface area contributed by atoms with E-state index in [1.807, 2.05) is 6.92 Å². The van der Waals surface area contributed by atoms with Gasteiger partial charge in [0, 0.05) is 17.3 Å². The molecule has 8 heteroatoms. The largest absolute Gasteiger partial charge is 0.449 e. The molecular weight excluding hydrogens is 394 g/mol. The number of fused-ring (bicyclic) bond motifs is 1. The molecule has 0 radical (unpaired) electrons. The van der Waals surface area contributed by atoms with Gasteiger partial charge in [-0.05, 0) is 63.2 Å². The van der Waals surface area contributed by atoms with Gasteiger partial charge in [0.2, 0.25) is 0 Å². The molecule has 0 aliphatic heterocycles. The van der Waals surface area contributed by atoms with E-state index in [2.05, 4.69) is 10.3 Å². The molecule has 0 fully saturated rings. The summed E-state index contributed by atoms with van der Waals surface area (Å²) < 4.78 is 6.87. The Kier molecular flexibility index (Phi) is 5.98. The third kappa shape index (κ3) is 4.46. The fourth-order valence-electron chi connectivity index (χ4n) is 2.87. The van der Waals surface area contributed by atoms with Crippen molar-refractivity contribution in [1.82, 2.24) is 9.55 Å². The minimum Gasteiger partial charge on any atom is -0.449 e. The van der Waals surface area contributed by atoms with E-state index in [1.54, 1.807) is 54.0 Å². The number of hydrogen-bond acceptors (Lipinski definition) is 5. The van der Waals surface area contributed by atoms with Gasteiger partial charge in [-0.25, -0.2) is 9.78 Å². The van der Waals surface area contributed by atoms with Crippen molar-refractivity contribution >= 4 is 40.2 Å². The topological polar surface area (TPSA) is 90.3 Å². The Morgan fingerprint density at radius 1 is 1.21 bits per heavy atom.